The van der Waals surface area contributed by atoms with Crippen molar-refractivity contribution < 1.29 is 39.6 Å². The van der Waals surface area contributed by atoms with Crippen molar-refractivity contribution in [3.05, 3.63) is 65.1 Å². The third kappa shape index (κ3) is 5.88. The number of anilines is 2. The van der Waals surface area contributed by atoms with Crippen LogP contribution >= 0.6 is 11.3 Å². The number of carbonyl (C=O) groups excluding carboxylic acids is 1. The lowest BCUT2D eigenvalue weighted by atomic mass is 9.99. The minimum absolute atomic E-state index is 0.181. The second-order valence-electron chi connectivity index (χ2n) is 8.09. The number of halogens is 6. The standard InChI is InChI=1S/C22H18F6N4O3S2/c23-15-9-17(25)18(10-16(15)24)31-21(33)30-14-3-1-12(2-4-14)19-11-29-20(36-19)13-5-7-32(8-6-13)37(34,35)22(26,27)28/h1-4,9-11,13H,5-8H2,(H2,30,31,33). The van der Waals surface area contributed by atoms with E-state index in [4.69, 9.17) is 0 Å². The molecule has 198 valence electrons. The first-order chi connectivity index (χ1) is 17.3. The van der Waals surface area contributed by atoms with Gasteiger partial charge in [-0.25, -0.2) is 31.4 Å². The first-order valence-corrected chi connectivity index (χ1v) is 13.0. The minimum atomic E-state index is -5.35. The van der Waals surface area contributed by atoms with Gasteiger partial charge in [-0.05, 0) is 30.5 Å². The van der Waals surface area contributed by atoms with Crippen LogP contribution in [0.1, 0.15) is 23.8 Å². The van der Waals surface area contributed by atoms with Crippen LogP contribution in [0, 0.1) is 17.5 Å². The monoisotopic (exact) mass is 564 g/mol. The third-order valence-electron chi connectivity index (χ3n) is 5.64. The number of aromatic nitrogens is 1. The molecule has 0 atom stereocenters. The summed E-state index contributed by atoms with van der Waals surface area (Å²) in [5.41, 5.74) is -4.80. The van der Waals surface area contributed by atoms with E-state index in [0.717, 1.165) is 10.4 Å². The van der Waals surface area contributed by atoms with E-state index in [1.165, 1.54) is 11.3 Å². The highest BCUT2D eigenvalue weighted by molar-refractivity contribution is 7.90. The molecule has 15 heteroatoms. The van der Waals surface area contributed by atoms with Gasteiger partial charge in [0.25, 0.3) is 0 Å². The van der Waals surface area contributed by atoms with Crippen molar-refractivity contribution >= 4 is 38.8 Å². The first-order valence-electron chi connectivity index (χ1n) is 10.7. The molecule has 0 unspecified atom stereocenters. The van der Waals surface area contributed by atoms with E-state index in [-0.39, 0.29) is 31.8 Å². The summed E-state index contributed by atoms with van der Waals surface area (Å²) in [6, 6.07) is 6.40. The molecule has 1 aromatic heterocycles. The molecule has 1 saturated heterocycles. The van der Waals surface area contributed by atoms with Gasteiger partial charge < -0.3 is 10.6 Å². The van der Waals surface area contributed by atoms with Gasteiger partial charge in [0, 0.05) is 43.0 Å². The normalized spacial score (nSPS) is 15.5. The van der Waals surface area contributed by atoms with Crippen LogP contribution in [-0.2, 0) is 10.0 Å². The fraction of sp³-hybridized carbons (Fsp3) is 0.273. The Balaban J connectivity index is 1.36. The number of thiazole rings is 1. The van der Waals surface area contributed by atoms with Gasteiger partial charge >= 0.3 is 21.6 Å². The molecule has 7 nitrogen and oxygen atoms in total. The molecule has 0 spiro atoms. The number of urea groups is 1. The topological polar surface area (TPSA) is 91.4 Å². The van der Waals surface area contributed by atoms with Gasteiger partial charge in [0.05, 0.1) is 15.6 Å². The summed E-state index contributed by atoms with van der Waals surface area (Å²) in [5.74, 6) is -4.02. The Morgan fingerprint density at radius 2 is 1.59 bits per heavy atom. The van der Waals surface area contributed by atoms with E-state index in [2.05, 4.69) is 15.6 Å². The van der Waals surface area contributed by atoms with Crippen LogP contribution in [0.15, 0.2) is 42.6 Å². The highest BCUT2D eigenvalue weighted by atomic mass is 32.2. The molecule has 0 radical (unpaired) electrons. The van der Waals surface area contributed by atoms with Gasteiger partial charge in [0.15, 0.2) is 11.6 Å². The smallest absolute Gasteiger partial charge is 0.308 e. The fourth-order valence-corrected chi connectivity index (χ4v) is 5.80. The van der Waals surface area contributed by atoms with E-state index in [9.17, 15) is 39.6 Å². The van der Waals surface area contributed by atoms with Crippen molar-refractivity contribution in [2.24, 2.45) is 0 Å². The Bertz CT molecular complexity index is 1400. The van der Waals surface area contributed by atoms with Gasteiger partial charge in [-0.15, -0.1) is 11.3 Å². The second kappa shape index (κ2) is 10.3. The number of sulfonamides is 1. The Kier molecular flexibility index (Phi) is 7.48. The van der Waals surface area contributed by atoms with E-state index >= 15 is 0 Å². The lowest BCUT2D eigenvalue weighted by Gasteiger charge is -2.30. The molecule has 2 aromatic carbocycles. The number of carbonyl (C=O) groups is 1. The maximum Gasteiger partial charge on any atom is 0.511 e. The van der Waals surface area contributed by atoms with Crippen LogP contribution in [0.2, 0.25) is 0 Å². The zero-order valence-electron chi connectivity index (χ0n) is 18.7. The number of piperidine rings is 1. The molecule has 3 aromatic rings. The van der Waals surface area contributed by atoms with Gasteiger partial charge in [-0.3, -0.25) is 0 Å². The Morgan fingerprint density at radius 3 is 2.22 bits per heavy atom. The molecule has 1 fully saturated rings. The zero-order valence-corrected chi connectivity index (χ0v) is 20.3. The van der Waals surface area contributed by atoms with E-state index < -0.39 is 44.7 Å². The molecule has 2 heterocycles. The highest BCUT2D eigenvalue weighted by Crippen LogP contribution is 2.37. The number of alkyl halides is 3. The molecule has 37 heavy (non-hydrogen) atoms. The Morgan fingerprint density at radius 1 is 0.973 bits per heavy atom. The Labute approximate surface area is 211 Å². The fourth-order valence-electron chi connectivity index (χ4n) is 3.72. The van der Waals surface area contributed by atoms with Crippen molar-refractivity contribution in [2.75, 3.05) is 23.7 Å². The summed E-state index contributed by atoms with van der Waals surface area (Å²) in [6.07, 6.45) is 2.01. The number of amides is 2. The van der Waals surface area contributed by atoms with Crippen LogP contribution < -0.4 is 10.6 Å². The highest BCUT2D eigenvalue weighted by Gasteiger charge is 2.50. The van der Waals surface area contributed by atoms with Crippen molar-refractivity contribution in [1.82, 2.24) is 9.29 Å². The average Bonchev–Trinajstić information content (AvgIpc) is 3.33. The van der Waals surface area contributed by atoms with Crippen LogP contribution in [0.4, 0.5) is 42.5 Å². The summed E-state index contributed by atoms with van der Waals surface area (Å²) < 4.78 is 102. The number of nitrogens with zero attached hydrogens (tertiary/aromatic N) is 2. The van der Waals surface area contributed by atoms with E-state index in [1.54, 1.807) is 30.5 Å². The van der Waals surface area contributed by atoms with Crippen LogP contribution in [0.5, 0.6) is 0 Å². The van der Waals surface area contributed by atoms with Crippen molar-refractivity contribution in [3.8, 4) is 10.4 Å². The lowest BCUT2D eigenvalue weighted by molar-refractivity contribution is -0.0494. The maximum absolute atomic E-state index is 13.7. The van der Waals surface area contributed by atoms with E-state index in [0.29, 0.717) is 27.1 Å². The maximum atomic E-state index is 13.7. The van der Waals surface area contributed by atoms with Crippen LogP contribution in [0.3, 0.4) is 0 Å². The average molecular weight is 565 g/mol. The molecule has 0 bridgehead atoms. The largest absolute Gasteiger partial charge is 0.511 e. The molecule has 1 aliphatic rings. The molecule has 4 rings (SSSR count). The molecule has 0 aliphatic carbocycles. The number of hydrogen-bond donors (Lipinski definition) is 2. The predicted molar refractivity (Wildman–Crippen MR) is 125 cm³/mol. The molecular formula is C22H18F6N4O3S2. The Hall–Kier alpha value is -3.17. The van der Waals surface area contributed by atoms with Gasteiger partial charge in [0.1, 0.15) is 5.82 Å². The minimum Gasteiger partial charge on any atom is -0.308 e. The second-order valence-corrected chi connectivity index (χ2v) is 11.1. The summed E-state index contributed by atoms with van der Waals surface area (Å²) in [4.78, 5) is 17.2. The van der Waals surface area contributed by atoms with Crippen LogP contribution in [-0.4, -0.2) is 42.3 Å². The number of nitrogens with one attached hydrogen (secondary N) is 2. The van der Waals surface area contributed by atoms with Crippen LogP contribution in [0.25, 0.3) is 10.4 Å². The summed E-state index contributed by atoms with van der Waals surface area (Å²) in [5, 5.41) is 5.20. The third-order valence-corrected chi connectivity index (χ3v) is 8.48. The van der Waals surface area contributed by atoms with Crippen molar-refractivity contribution in [1.29, 1.82) is 0 Å². The molecule has 1 aliphatic heterocycles. The van der Waals surface area contributed by atoms with Gasteiger partial charge in [0.2, 0.25) is 0 Å². The molecule has 2 N–H and O–H groups in total. The van der Waals surface area contributed by atoms with Crippen molar-refractivity contribution in [3.63, 3.8) is 0 Å². The van der Waals surface area contributed by atoms with E-state index in [1.807, 2.05) is 0 Å². The zero-order chi connectivity index (χ0) is 27.0. The van der Waals surface area contributed by atoms with Gasteiger partial charge in [-0.2, -0.15) is 17.5 Å². The van der Waals surface area contributed by atoms with Crippen molar-refractivity contribution in [2.45, 2.75) is 24.3 Å². The molecule has 0 saturated carbocycles. The summed E-state index contributed by atoms with van der Waals surface area (Å²) >= 11 is 1.32. The number of rotatable bonds is 5. The SMILES string of the molecule is O=C(Nc1ccc(-c2cnc(C3CCN(S(=O)(=O)C(F)(F)F)CC3)s2)cc1)Nc1cc(F)c(F)cc1F. The quantitative estimate of drug-likeness (QED) is 0.298. The first kappa shape index (κ1) is 26.9. The number of hydrogen-bond acceptors (Lipinski definition) is 5. The molecule has 2 amide bonds. The predicted octanol–water partition coefficient (Wildman–Crippen LogP) is 5.90. The summed E-state index contributed by atoms with van der Waals surface area (Å²) in [6.45, 7) is -0.503. The molecular weight excluding hydrogens is 546 g/mol. The lowest BCUT2D eigenvalue weighted by Crippen LogP contribution is -2.44. The number of benzene rings is 2. The van der Waals surface area contributed by atoms with Gasteiger partial charge in [-0.1, -0.05) is 12.1 Å². The summed E-state index contributed by atoms with van der Waals surface area (Å²) in [7, 11) is -5.35.